The van der Waals surface area contributed by atoms with Crippen LogP contribution in [-0.2, 0) is 0 Å². The van der Waals surface area contributed by atoms with Crippen LogP contribution in [0.4, 0.5) is 8.78 Å². The van der Waals surface area contributed by atoms with Crippen molar-refractivity contribution in [2.24, 2.45) is 5.73 Å². The lowest BCUT2D eigenvalue weighted by Crippen LogP contribution is -2.13. The second kappa shape index (κ2) is 3.93. The highest BCUT2D eigenvalue weighted by Crippen LogP contribution is 2.26. The van der Waals surface area contributed by atoms with Gasteiger partial charge in [-0.15, -0.1) is 0 Å². The third-order valence-corrected chi connectivity index (χ3v) is 2.31. The molecule has 0 saturated carbocycles. The zero-order chi connectivity index (χ0) is 12.6. The summed E-state index contributed by atoms with van der Waals surface area (Å²) in [4.78, 5) is 11.0. The van der Waals surface area contributed by atoms with Crippen LogP contribution < -0.4 is 5.73 Å². The van der Waals surface area contributed by atoms with Gasteiger partial charge >= 0.3 is 0 Å². The number of hydrogen-bond acceptors (Lipinski definition) is 3. The lowest BCUT2D eigenvalue weighted by Gasteiger charge is -2.03. The average Bonchev–Trinajstić information content (AvgIpc) is 2.75. The van der Waals surface area contributed by atoms with Crippen molar-refractivity contribution < 1.29 is 13.6 Å². The number of nitrogens with one attached hydrogen (secondary N) is 1. The van der Waals surface area contributed by atoms with Crippen LogP contribution in [0, 0.1) is 18.6 Å². The number of benzene rings is 1. The molecule has 1 aromatic carbocycles. The van der Waals surface area contributed by atoms with Crippen molar-refractivity contribution >= 4 is 5.91 Å². The first kappa shape index (κ1) is 11.2. The molecule has 17 heavy (non-hydrogen) atoms. The van der Waals surface area contributed by atoms with Gasteiger partial charge in [0.2, 0.25) is 0 Å². The van der Waals surface area contributed by atoms with Gasteiger partial charge in [-0.25, -0.2) is 8.78 Å². The predicted octanol–water partition coefficient (Wildman–Crippen LogP) is 1.16. The fourth-order valence-corrected chi connectivity index (χ4v) is 1.42. The highest BCUT2D eigenvalue weighted by atomic mass is 19.2. The summed E-state index contributed by atoms with van der Waals surface area (Å²) in [6.45, 7) is 1.43. The summed E-state index contributed by atoms with van der Waals surface area (Å²) in [6, 6.07) is 2.70. The van der Waals surface area contributed by atoms with E-state index in [0.717, 1.165) is 0 Å². The third kappa shape index (κ3) is 1.75. The standard InChI is InChI=1S/C10H8F2N4O/c1-4-2-3-5(7(12)6(4)11)8-9(10(13)17)15-16-14-8/h2-3H,1H3,(H2,13,17)(H,14,15,16). The van der Waals surface area contributed by atoms with Crippen LogP contribution in [0.25, 0.3) is 11.3 Å². The number of aryl methyl sites for hydroxylation is 1. The maximum atomic E-state index is 13.7. The zero-order valence-corrected chi connectivity index (χ0v) is 8.79. The van der Waals surface area contributed by atoms with E-state index in [1.807, 2.05) is 0 Å². The normalized spacial score (nSPS) is 10.5. The molecular weight excluding hydrogens is 230 g/mol. The quantitative estimate of drug-likeness (QED) is 0.823. The molecule has 0 aliphatic carbocycles. The molecule has 0 spiro atoms. The highest BCUT2D eigenvalue weighted by molar-refractivity contribution is 5.96. The molecule has 3 N–H and O–H groups in total. The topological polar surface area (TPSA) is 84.7 Å². The highest BCUT2D eigenvalue weighted by Gasteiger charge is 2.20. The largest absolute Gasteiger partial charge is 0.364 e. The van der Waals surface area contributed by atoms with Gasteiger partial charge in [-0.2, -0.15) is 15.4 Å². The molecule has 0 saturated heterocycles. The fraction of sp³-hybridized carbons (Fsp3) is 0.100. The number of rotatable bonds is 2. The first-order valence-electron chi connectivity index (χ1n) is 4.68. The Balaban J connectivity index is 2.65. The minimum atomic E-state index is -1.08. The van der Waals surface area contributed by atoms with Crippen molar-refractivity contribution in [3.8, 4) is 11.3 Å². The number of carbonyl (C=O) groups excluding carboxylic acids is 1. The molecule has 2 rings (SSSR count). The Bertz CT molecular complexity index is 594. The monoisotopic (exact) mass is 238 g/mol. The van der Waals surface area contributed by atoms with Crippen LogP contribution >= 0.6 is 0 Å². The number of halogens is 2. The average molecular weight is 238 g/mol. The van der Waals surface area contributed by atoms with Gasteiger partial charge in [-0.1, -0.05) is 6.07 Å². The molecule has 0 atom stereocenters. The number of primary amides is 1. The van der Waals surface area contributed by atoms with Gasteiger partial charge in [0.05, 0.1) is 0 Å². The van der Waals surface area contributed by atoms with Crippen molar-refractivity contribution in [3.05, 3.63) is 35.0 Å². The van der Waals surface area contributed by atoms with Gasteiger partial charge in [0.1, 0.15) is 5.69 Å². The number of nitrogens with zero attached hydrogens (tertiary/aromatic N) is 2. The first-order chi connectivity index (χ1) is 8.02. The number of H-pyrrole nitrogens is 1. The van der Waals surface area contributed by atoms with Crippen LogP contribution in [-0.4, -0.2) is 21.3 Å². The van der Waals surface area contributed by atoms with Crippen LogP contribution in [0.1, 0.15) is 16.1 Å². The van der Waals surface area contributed by atoms with Crippen molar-refractivity contribution in [3.63, 3.8) is 0 Å². The summed E-state index contributed by atoms with van der Waals surface area (Å²) < 4.78 is 27.0. The second-order valence-electron chi connectivity index (χ2n) is 3.44. The van der Waals surface area contributed by atoms with E-state index in [9.17, 15) is 13.6 Å². The molecule has 0 aliphatic heterocycles. The maximum absolute atomic E-state index is 13.7. The van der Waals surface area contributed by atoms with Gasteiger partial charge in [0.25, 0.3) is 5.91 Å². The Kier molecular flexibility index (Phi) is 2.58. The Morgan fingerprint density at radius 3 is 2.65 bits per heavy atom. The lowest BCUT2D eigenvalue weighted by atomic mass is 10.1. The van der Waals surface area contributed by atoms with Crippen LogP contribution in [0.3, 0.4) is 0 Å². The molecule has 1 aromatic heterocycles. The smallest absolute Gasteiger partial charge is 0.271 e. The minimum absolute atomic E-state index is 0.103. The van der Waals surface area contributed by atoms with E-state index in [2.05, 4.69) is 15.4 Å². The predicted molar refractivity (Wildman–Crippen MR) is 55.0 cm³/mol. The summed E-state index contributed by atoms with van der Waals surface area (Å²) in [5, 5.41) is 9.23. The molecule has 1 amide bonds. The van der Waals surface area contributed by atoms with E-state index < -0.39 is 17.5 Å². The van der Waals surface area contributed by atoms with Gasteiger partial charge in [0, 0.05) is 5.56 Å². The Labute approximate surface area is 94.6 Å². The third-order valence-electron chi connectivity index (χ3n) is 2.31. The van der Waals surface area contributed by atoms with Crippen molar-refractivity contribution in [1.29, 1.82) is 0 Å². The molecule has 0 radical (unpaired) electrons. The molecule has 2 aromatic rings. The molecule has 0 fully saturated rings. The molecule has 88 valence electrons. The first-order valence-corrected chi connectivity index (χ1v) is 4.68. The molecule has 0 aliphatic rings. The molecule has 5 nitrogen and oxygen atoms in total. The lowest BCUT2D eigenvalue weighted by molar-refractivity contribution is 0.0996. The van der Waals surface area contributed by atoms with Gasteiger partial charge < -0.3 is 5.73 Å². The number of hydrogen-bond donors (Lipinski definition) is 2. The van der Waals surface area contributed by atoms with Gasteiger partial charge in [-0.3, -0.25) is 4.79 Å². The number of aromatic amines is 1. The van der Waals surface area contributed by atoms with Crippen molar-refractivity contribution in [2.75, 3.05) is 0 Å². The Morgan fingerprint density at radius 2 is 2.00 bits per heavy atom. The van der Waals surface area contributed by atoms with Gasteiger partial charge in [-0.05, 0) is 18.6 Å². The summed E-state index contributed by atoms with van der Waals surface area (Å²) in [5.41, 5.74) is 4.71. The number of amides is 1. The van der Waals surface area contributed by atoms with Crippen molar-refractivity contribution in [1.82, 2.24) is 15.4 Å². The van der Waals surface area contributed by atoms with E-state index in [1.165, 1.54) is 19.1 Å². The summed E-state index contributed by atoms with van der Waals surface area (Å²) in [6.07, 6.45) is 0. The minimum Gasteiger partial charge on any atom is -0.364 e. The van der Waals surface area contributed by atoms with E-state index in [4.69, 9.17) is 5.73 Å². The van der Waals surface area contributed by atoms with Crippen LogP contribution in [0.2, 0.25) is 0 Å². The number of nitrogens with two attached hydrogens (primary N) is 1. The van der Waals surface area contributed by atoms with E-state index in [1.54, 1.807) is 0 Å². The maximum Gasteiger partial charge on any atom is 0.271 e. The van der Waals surface area contributed by atoms with Crippen molar-refractivity contribution in [2.45, 2.75) is 6.92 Å². The molecular formula is C10H8F2N4O. The summed E-state index contributed by atoms with van der Waals surface area (Å²) in [5.74, 6) is -2.93. The van der Waals surface area contributed by atoms with E-state index in [-0.39, 0.29) is 22.5 Å². The van der Waals surface area contributed by atoms with E-state index in [0.29, 0.717) is 0 Å². The molecule has 0 bridgehead atoms. The number of carbonyl (C=O) groups is 1. The Hall–Kier alpha value is -2.31. The fourth-order valence-electron chi connectivity index (χ4n) is 1.42. The second-order valence-corrected chi connectivity index (χ2v) is 3.44. The van der Waals surface area contributed by atoms with E-state index >= 15 is 0 Å². The SMILES string of the molecule is Cc1ccc(-c2n[nH]nc2C(N)=O)c(F)c1F. The summed E-state index contributed by atoms with van der Waals surface area (Å²) >= 11 is 0. The molecule has 1 heterocycles. The molecule has 7 heteroatoms. The van der Waals surface area contributed by atoms with Crippen LogP contribution in [0.15, 0.2) is 12.1 Å². The van der Waals surface area contributed by atoms with Crippen LogP contribution in [0.5, 0.6) is 0 Å². The summed E-state index contributed by atoms with van der Waals surface area (Å²) in [7, 11) is 0. The molecule has 0 unspecified atom stereocenters. The van der Waals surface area contributed by atoms with Gasteiger partial charge in [0.15, 0.2) is 17.3 Å². The Morgan fingerprint density at radius 1 is 1.29 bits per heavy atom. The zero-order valence-electron chi connectivity index (χ0n) is 8.79. The number of aromatic nitrogens is 3.